The van der Waals surface area contributed by atoms with Gasteiger partial charge in [0.25, 0.3) is 5.91 Å². The Bertz CT molecular complexity index is 788. The number of carbonyl (C=O) groups excluding carboxylic acids is 1. The Labute approximate surface area is 125 Å². The summed E-state index contributed by atoms with van der Waals surface area (Å²) in [5, 5.41) is 6.64. The molecule has 2 aromatic heterocycles. The average Bonchev–Trinajstić information content (AvgIpc) is 3.08. The van der Waals surface area contributed by atoms with E-state index in [-0.39, 0.29) is 18.3 Å². The first-order chi connectivity index (χ1) is 10.8. The number of carbonyl (C=O) groups is 1. The van der Waals surface area contributed by atoms with Crippen molar-refractivity contribution >= 4 is 5.91 Å². The van der Waals surface area contributed by atoms with E-state index in [1.165, 1.54) is 23.4 Å². The third kappa shape index (κ3) is 2.83. The molecule has 0 saturated carbocycles. The van der Waals surface area contributed by atoms with Crippen LogP contribution in [0, 0.1) is 5.82 Å². The van der Waals surface area contributed by atoms with Crippen LogP contribution in [0.4, 0.5) is 4.39 Å². The number of benzene rings is 1. The fourth-order valence-corrected chi connectivity index (χ4v) is 1.99. The summed E-state index contributed by atoms with van der Waals surface area (Å²) in [7, 11) is 0. The fourth-order valence-electron chi connectivity index (χ4n) is 1.99. The molecule has 0 aliphatic heterocycles. The second-order valence-corrected chi connectivity index (χ2v) is 4.49. The summed E-state index contributed by atoms with van der Waals surface area (Å²) in [5.74, 6) is -0.349. The molecule has 1 aromatic carbocycles. The highest BCUT2D eigenvalue weighted by atomic mass is 19.1. The van der Waals surface area contributed by atoms with E-state index in [0.29, 0.717) is 16.9 Å². The van der Waals surface area contributed by atoms with Gasteiger partial charge in [-0.25, -0.2) is 19.0 Å². The lowest BCUT2D eigenvalue weighted by molar-refractivity contribution is 0.0950. The first-order valence-corrected chi connectivity index (χ1v) is 6.57. The maximum atomic E-state index is 13.6. The van der Waals surface area contributed by atoms with Crippen molar-refractivity contribution in [3.63, 3.8) is 0 Å². The number of amides is 1. The van der Waals surface area contributed by atoms with Crippen LogP contribution in [0.3, 0.4) is 0 Å². The van der Waals surface area contributed by atoms with E-state index < -0.39 is 0 Å². The summed E-state index contributed by atoms with van der Waals surface area (Å²) in [6.45, 7) is 0.0944. The Hall–Kier alpha value is -3.09. The lowest BCUT2D eigenvalue weighted by Crippen LogP contribution is -2.25. The largest absolute Gasteiger partial charge is 0.348 e. The highest BCUT2D eigenvalue weighted by molar-refractivity contribution is 5.96. The van der Waals surface area contributed by atoms with E-state index in [1.807, 2.05) is 0 Å². The number of nitrogens with one attached hydrogen (secondary N) is 1. The molecule has 0 radical (unpaired) electrons. The molecule has 0 spiro atoms. The Morgan fingerprint density at radius 2 is 2.09 bits per heavy atom. The zero-order chi connectivity index (χ0) is 15.4. The summed E-state index contributed by atoms with van der Waals surface area (Å²) < 4.78 is 15.0. The van der Waals surface area contributed by atoms with Crippen molar-refractivity contribution < 1.29 is 9.18 Å². The molecular weight excluding hydrogens is 285 g/mol. The lowest BCUT2D eigenvalue weighted by atomic mass is 10.2. The van der Waals surface area contributed by atoms with Gasteiger partial charge >= 0.3 is 0 Å². The molecule has 0 atom stereocenters. The Balaban J connectivity index is 1.80. The van der Waals surface area contributed by atoms with Crippen molar-refractivity contribution in [3.05, 3.63) is 72.2 Å². The quantitative estimate of drug-likeness (QED) is 0.796. The number of halogens is 1. The Kier molecular flexibility index (Phi) is 3.86. The van der Waals surface area contributed by atoms with Crippen LogP contribution in [0.25, 0.3) is 5.82 Å². The van der Waals surface area contributed by atoms with Gasteiger partial charge in [0.2, 0.25) is 0 Å². The molecule has 1 amide bonds. The maximum absolute atomic E-state index is 13.6. The maximum Gasteiger partial charge on any atom is 0.255 e. The van der Waals surface area contributed by atoms with Gasteiger partial charge in [0.05, 0.1) is 5.56 Å². The molecule has 3 aromatic rings. The van der Waals surface area contributed by atoms with Crippen molar-refractivity contribution in [1.82, 2.24) is 25.1 Å². The smallest absolute Gasteiger partial charge is 0.255 e. The van der Waals surface area contributed by atoms with E-state index in [4.69, 9.17) is 0 Å². The third-order valence-corrected chi connectivity index (χ3v) is 3.06. The van der Waals surface area contributed by atoms with Crippen LogP contribution < -0.4 is 5.32 Å². The van der Waals surface area contributed by atoms with Crippen molar-refractivity contribution in [2.75, 3.05) is 0 Å². The topological polar surface area (TPSA) is 72.7 Å². The van der Waals surface area contributed by atoms with Crippen molar-refractivity contribution in [1.29, 1.82) is 0 Å². The van der Waals surface area contributed by atoms with E-state index in [1.54, 1.807) is 36.5 Å². The van der Waals surface area contributed by atoms with Gasteiger partial charge in [0.1, 0.15) is 18.5 Å². The summed E-state index contributed by atoms with van der Waals surface area (Å²) in [5.41, 5.74) is 0.756. The van der Waals surface area contributed by atoms with Gasteiger partial charge in [-0.1, -0.05) is 18.2 Å². The number of hydrogen-bond acceptors (Lipinski definition) is 4. The zero-order valence-corrected chi connectivity index (χ0v) is 11.5. The molecule has 7 heteroatoms. The minimum atomic E-state index is -0.359. The predicted octanol–water partition coefficient (Wildman–Crippen LogP) is 1.73. The zero-order valence-electron chi connectivity index (χ0n) is 11.5. The molecule has 110 valence electrons. The van der Waals surface area contributed by atoms with Crippen LogP contribution in [-0.2, 0) is 6.54 Å². The molecular formula is C15H12FN5O. The molecule has 0 unspecified atom stereocenters. The van der Waals surface area contributed by atoms with E-state index >= 15 is 0 Å². The summed E-state index contributed by atoms with van der Waals surface area (Å²) in [6, 6.07) is 9.57. The molecule has 0 bridgehead atoms. The molecule has 2 heterocycles. The number of rotatable bonds is 4. The van der Waals surface area contributed by atoms with Gasteiger partial charge < -0.3 is 5.32 Å². The number of hydrogen-bond donors (Lipinski definition) is 1. The molecule has 0 saturated heterocycles. The van der Waals surface area contributed by atoms with Crippen LogP contribution in [0.1, 0.15) is 15.9 Å². The molecule has 0 aliphatic rings. The summed E-state index contributed by atoms with van der Waals surface area (Å²) in [6.07, 6.45) is 4.37. The van der Waals surface area contributed by atoms with Crippen LogP contribution in [0.2, 0.25) is 0 Å². The van der Waals surface area contributed by atoms with Crippen LogP contribution in [0.5, 0.6) is 0 Å². The van der Waals surface area contributed by atoms with Gasteiger partial charge in [-0.2, -0.15) is 5.10 Å². The van der Waals surface area contributed by atoms with Crippen molar-refractivity contribution in [3.8, 4) is 5.82 Å². The SMILES string of the molecule is O=C(NCc1ccccc1F)c1cccnc1-n1cncn1. The van der Waals surface area contributed by atoms with Gasteiger partial charge in [0, 0.05) is 18.3 Å². The molecule has 0 fully saturated rings. The summed E-state index contributed by atoms with van der Waals surface area (Å²) >= 11 is 0. The van der Waals surface area contributed by atoms with Crippen molar-refractivity contribution in [2.45, 2.75) is 6.54 Å². The highest BCUT2D eigenvalue weighted by Crippen LogP contribution is 2.11. The van der Waals surface area contributed by atoms with Crippen LogP contribution >= 0.6 is 0 Å². The second-order valence-electron chi connectivity index (χ2n) is 4.49. The van der Waals surface area contributed by atoms with E-state index in [9.17, 15) is 9.18 Å². The molecule has 0 aliphatic carbocycles. The normalized spacial score (nSPS) is 10.4. The van der Waals surface area contributed by atoms with Gasteiger partial charge in [-0.15, -0.1) is 0 Å². The monoisotopic (exact) mass is 297 g/mol. The number of aromatic nitrogens is 4. The van der Waals surface area contributed by atoms with E-state index in [0.717, 1.165) is 0 Å². The fraction of sp³-hybridized carbons (Fsp3) is 0.0667. The first kappa shape index (κ1) is 13.9. The van der Waals surface area contributed by atoms with Crippen LogP contribution in [0.15, 0.2) is 55.2 Å². The standard InChI is InChI=1S/C15H12FN5O/c16-13-6-2-1-4-11(13)8-19-15(22)12-5-3-7-18-14(12)21-10-17-9-20-21/h1-7,9-10H,8H2,(H,19,22). The Morgan fingerprint density at radius 3 is 2.86 bits per heavy atom. The first-order valence-electron chi connectivity index (χ1n) is 6.57. The second kappa shape index (κ2) is 6.13. The minimum Gasteiger partial charge on any atom is -0.348 e. The van der Waals surface area contributed by atoms with Gasteiger partial charge in [-0.3, -0.25) is 4.79 Å². The van der Waals surface area contributed by atoms with E-state index in [2.05, 4.69) is 20.4 Å². The minimum absolute atomic E-state index is 0.0944. The molecule has 1 N–H and O–H groups in total. The number of pyridine rings is 1. The predicted molar refractivity (Wildman–Crippen MR) is 76.7 cm³/mol. The Morgan fingerprint density at radius 1 is 1.23 bits per heavy atom. The lowest BCUT2D eigenvalue weighted by Gasteiger charge is -2.09. The highest BCUT2D eigenvalue weighted by Gasteiger charge is 2.14. The number of nitrogens with zero attached hydrogens (tertiary/aromatic N) is 4. The molecule has 22 heavy (non-hydrogen) atoms. The average molecular weight is 297 g/mol. The van der Waals surface area contributed by atoms with Crippen molar-refractivity contribution in [2.24, 2.45) is 0 Å². The van der Waals surface area contributed by atoms with Gasteiger partial charge in [-0.05, 0) is 18.2 Å². The third-order valence-electron chi connectivity index (χ3n) is 3.06. The van der Waals surface area contributed by atoms with Gasteiger partial charge in [0.15, 0.2) is 5.82 Å². The van der Waals surface area contributed by atoms with Crippen LogP contribution in [-0.4, -0.2) is 25.7 Å². The molecule has 6 nitrogen and oxygen atoms in total. The molecule has 3 rings (SSSR count). The summed E-state index contributed by atoms with van der Waals surface area (Å²) in [4.78, 5) is 20.3.